The van der Waals surface area contributed by atoms with Gasteiger partial charge in [-0.3, -0.25) is 14.7 Å². The van der Waals surface area contributed by atoms with E-state index in [0.29, 0.717) is 28.7 Å². The Labute approximate surface area is 187 Å². The van der Waals surface area contributed by atoms with E-state index in [9.17, 15) is 4.79 Å². The van der Waals surface area contributed by atoms with Gasteiger partial charge in [-0.2, -0.15) is 0 Å². The van der Waals surface area contributed by atoms with Crippen LogP contribution in [0.4, 0.5) is 5.13 Å². The molecular formula is C25H17N3O3S. The van der Waals surface area contributed by atoms with Crippen LogP contribution < -0.4 is 14.4 Å². The molecule has 2 aromatic heterocycles. The summed E-state index contributed by atoms with van der Waals surface area (Å²) in [7, 11) is 0. The molecule has 0 unspecified atom stereocenters. The van der Waals surface area contributed by atoms with Gasteiger partial charge in [0.15, 0.2) is 16.6 Å². The third kappa shape index (κ3) is 3.23. The standard InChI is InChI=1S/C25H17N3O3S/c29-24(19-9-3-7-17-6-1-2-8-18(17)19)28(14-16-5-4-10-26-13-16)25-27-20-11-21-22(31-15-30-21)12-23(20)32-25/h1-13H,14-15H2. The van der Waals surface area contributed by atoms with Gasteiger partial charge in [0, 0.05) is 30.1 Å². The Morgan fingerprint density at radius 3 is 2.72 bits per heavy atom. The second-order valence-corrected chi connectivity index (χ2v) is 8.46. The number of aromatic nitrogens is 2. The van der Waals surface area contributed by atoms with Gasteiger partial charge in [-0.1, -0.05) is 53.8 Å². The lowest BCUT2D eigenvalue weighted by Gasteiger charge is -2.21. The summed E-state index contributed by atoms with van der Waals surface area (Å²) in [6, 6.07) is 21.3. The summed E-state index contributed by atoms with van der Waals surface area (Å²) in [6.07, 6.45) is 3.49. The first-order valence-corrected chi connectivity index (χ1v) is 11.0. The lowest BCUT2D eigenvalue weighted by Crippen LogP contribution is -2.30. The molecule has 1 aliphatic heterocycles. The van der Waals surface area contributed by atoms with Crippen LogP contribution in [0.25, 0.3) is 21.0 Å². The predicted molar refractivity (Wildman–Crippen MR) is 124 cm³/mol. The van der Waals surface area contributed by atoms with Crippen LogP contribution in [0.1, 0.15) is 15.9 Å². The molecule has 6 rings (SSSR count). The number of ether oxygens (including phenoxy) is 2. The maximum Gasteiger partial charge on any atom is 0.261 e. The van der Waals surface area contributed by atoms with E-state index in [1.165, 1.54) is 11.3 Å². The number of carbonyl (C=O) groups excluding carboxylic acids is 1. The lowest BCUT2D eigenvalue weighted by atomic mass is 10.0. The summed E-state index contributed by atoms with van der Waals surface area (Å²) in [4.78, 5) is 24.6. The van der Waals surface area contributed by atoms with Crippen LogP contribution in [-0.4, -0.2) is 22.7 Å². The Morgan fingerprint density at radius 2 is 1.84 bits per heavy atom. The predicted octanol–water partition coefficient (Wildman–Crippen LogP) is 5.42. The van der Waals surface area contributed by atoms with Gasteiger partial charge in [0.05, 0.1) is 16.8 Å². The van der Waals surface area contributed by atoms with E-state index < -0.39 is 0 Å². The van der Waals surface area contributed by atoms with E-state index in [1.807, 2.05) is 66.7 Å². The molecular weight excluding hydrogens is 422 g/mol. The number of pyridine rings is 1. The first-order valence-electron chi connectivity index (χ1n) is 10.1. The number of benzene rings is 3. The number of anilines is 1. The molecule has 6 nitrogen and oxygen atoms in total. The monoisotopic (exact) mass is 439 g/mol. The fourth-order valence-corrected chi connectivity index (χ4v) is 4.85. The summed E-state index contributed by atoms with van der Waals surface area (Å²) in [5.41, 5.74) is 2.34. The van der Waals surface area contributed by atoms with Crippen molar-refractivity contribution in [3.63, 3.8) is 0 Å². The topological polar surface area (TPSA) is 64.6 Å². The van der Waals surface area contributed by atoms with E-state index in [-0.39, 0.29) is 12.7 Å². The fourth-order valence-electron chi connectivity index (χ4n) is 3.88. The SMILES string of the molecule is O=C(c1cccc2ccccc12)N(Cc1cccnc1)c1nc2cc3c(cc2s1)OCO3. The average Bonchev–Trinajstić information content (AvgIpc) is 3.46. The number of hydrogen-bond acceptors (Lipinski definition) is 6. The molecule has 3 aromatic carbocycles. The minimum absolute atomic E-state index is 0.107. The van der Waals surface area contributed by atoms with Crippen LogP contribution in [0.3, 0.4) is 0 Å². The third-order valence-corrected chi connectivity index (χ3v) is 6.47. The van der Waals surface area contributed by atoms with Crippen molar-refractivity contribution in [2.45, 2.75) is 6.54 Å². The quantitative estimate of drug-likeness (QED) is 0.374. The zero-order valence-corrected chi connectivity index (χ0v) is 17.7. The minimum atomic E-state index is -0.107. The van der Waals surface area contributed by atoms with Gasteiger partial charge in [-0.05, 0) is 28.5 Å². The van der Waals surface area contributed by atoms with Gasteiger partial charge in [-0.15, -0.1) is 0 Å². The Morgan fingerprint density at radius 1 is 1.00 bits per heavy atom. The van der Waals surface area contributed by atoms with Crippen LogP contribution in [0.15, 0.2) is 79.1 Å². The van der Waals surface area contributed by atoms with Crippen molar-refractivity contribution < 1.29 is 14.3 Å². The zero-order chi connectivity index (χ0) is 21.5. The highest BCUT2D eigenvalue weighted by molar-refractivity contribution is 7.22. The number of rotatable bonds is 4. The fraction of sp³-hybridized carbons (Fsp3) is 0.0800. The Balaban J connectivity index is 1.47. The maximum absolute atomic E-state index is 13.9. The van der Waals surface area contributed by atoms with Crippen LogP contribution in [0, 0.1) is 0 Å². The van der Waals surface area contributed by atoms with Crippen molar-refractivity contribution in [1.82, 2.24) is 9.97 Å². The number of thiazole rings is 1. The highest BCUT2D eigenvalue weighted by Crippen LogP contribution is 2.40. The molecule has 0 aliphatic carbocycles. The summed E-state index contributed by atoms with van der Waals surface area (Å²) in [5, 5.41) is 2.55. The molecule has 1 amide bonds. The van der Waals surface area contributed by atoms with E-state index in [1.54, 1.807) is 17.3 Å². The molecule has 0 bridgehead atoms. The molecule has 5 aromatic rings. The molecule has 156 valence electrons. The highest BCUT2D eigenvalue weighted by atomic mass is 32.1. The molecule has 0 fully saturated rings. The van der Waals surface area contributed by atoms with Crippen molar-refractivity contribution in [3.8, 4) is 11.5 Å². The maximum atomic E-state index is 13.9. The third-order valence-electron chi connectivity index (χ3n) is 5.43. The van der Waals surface area contributed by atoms with Gasteiger partial charge in [0.1, 0.15) is 0 Å². The van der Waals surface area contributed by atoms with Gasteiger partial charge >= 0.3 is 0 Å². The Kier molecular flexibility index (Phi) is 4.47. The molecule has 0 radical (unpaired) electrons. The lowest BCUT2D eigenvalue weighted by molar-refractivity contribution is 0.0986. The van der Waals surface area contributed by atoms with Crippen molar-refractivity contribution in [2.24, 2.45) is 0 Å². The molecule has 32 heavy (non-hydrogen) atoms. The first kappa shape index (κ1) is 18.8. The molecule has 3 heterocycles. The van der Waals surface area contributed by atoms with Crippen LogP contribution in [-0.2, 0) is 6.54 Å². The van der Waals surface area contributed by atoms with Crippen molar-refractivity contribution in [3.05, 3.63) is 90.3 Å². The summed E-state index contributed by atoms with van der Waals surface area (Å²) >= 11 is 1.46. The van der Waals surface area contributed by atoms with Gasteiger partial charge in [-0.25, -0.2) is 4.98 Å². The normalized spacial score (nSPS) is 12.4. The smallest absolute Gasteiger partial charge is 0.261 e. The second kappa shape index (κ2) is 7.62. The van der Waals surface area contributed by atoms with Gasteiger partial charge in [0.25, 0.3) is 5.91 Å². The molecule has 0 N–H and O–H groups in total. The largest absolute Gasteiger partial charge is 0.454 e. The molecule has 0 spiro atoms. The Bertz CT molecular complexity index is 1420. The van der Waals surface area contributed by atoms with Crippen molar-refractivity contribution >= 4 is 43.4 Å². The molecule has 0 saturated heterocycles. The van der Waals surface area contributed by atoms with Crippen molar-refractivity contribution in [2.75, 3.05) is 11.7 Å². The molecule has 0 atom stereocenters. The molecule has 1 aliphatic rings. The average molecular weight is 439 g/mol. The zero-order valence-electron chi connectivity index (χ0n) is 16.9. The Hall–Kier alpha value is -3.97. The highest BCUT2D eigenvalue weighted by Gasteiger charge is 2.25. The molecule has 7 heteroatoms. The number of fused-ring (bicyclic) bond motifs is 3. The number of carbonyl (C=O) groups is 1. The minimum Gasteiger partial charge on any atom is -0.454 e. The summed E-state index contributed by atoms with van der Waals surface area (Å²) in [6.45, 7) is 0.578. The van der Waals surface area contributed by atoms with E-state index in [0.717, 1.165) is 26.6 Å². The van der Waals surface area contributed by atoms with Crippen LogP contribution in [0.5, 0.6) is 11.5 Å². The van der Waals surface area contributed by atoms with Gasteiger partial charge < -0.3 is 9.47 Å². The van der Waals surface area contributed by atoms with E-state index in [4.69, 9.17) is 14.5 Å². The number of hydrogen-bond donors (Lipinski definition) is 0. The second-order valence-electron chi connectivity index (χ2n) is 7.45. The number of nitrogens with zero attached hydrogens (tertiary/aromatic N) is 3. The van der Waals surface area contributed by atoms with E-state index in [2.05, 4.69) is 4.98 Å². The molecule has 0 saturated carbocycles. The van der Waals surface area contributed by atoms with Gasteiger partial charge in [0.2, 0.25) is 6.79 Å². The first-order chi connectivity index (χ1) is 15.8. The summed E-state index contributed by atoms with van der Waals surface area (Å²) in [5.74, 6) is 1.27. The summed E-state index contributed by atoms with van der Waals surface area (Å²) < 4.78 is 11.9. The number of amides is 1. The van der Waals surface area contributed by atoms with Crippen molar-refractivity contribution in [1.29, 1.82) is 0 Å². The van der Waals surface area contributed by atoms with Crippen LogP contribution in [0.2, 0.25) is 0 Å². The van der Waals surface area contributed by atoms with Crippen LogP contribution >= 0.6 is 11.3 Å². The van der Waals surface area contributed by atoms with E-state index >= 15 is 0 Å².